The lowest BCUT2D eigenvalue weighted by molar-refractivity contribution is -0.120. The zero-order chi connectivity index (χ0) is 22.8. The van der Waals surface area contributed by atoms with Gasteiger partial charge >= 0.3 is 0 Å². The summed E-state index contributed by atoms with van der Waals surface area (Å²) in [6.45, 7) is 0. The topological polar surface area (TPSA) is 121 Å². The first-order valence-corrected chi connectivity index (χ1v) is 11.0. The van der Waals surface area contributed by atoms with Crippen molar-refractivity contribution in [2.24, 2.45) is 5.92 Å². The highest BCUT2D eigenvalue weighted by Crippen LogP contribution is 2.35. The molecule has 0 saturated heterocycles. The minimum Gasteiger partial charge on any atom is -0.497 e. The smallest absolute Gasteiger partial charge is 0.227 e. The van der Waals surface area contributed by atoms with Crippen molar-refractivity contribution in [3.63, 3.8) is 0 Å². The number of amides is 1. The molecule has 33 heavy (non-hydrogen) atoms. The zero-order valence-electron chi connectivity index (χ0n) is 18.3. The summed E-state index contributed by atoms with van der Waals surface area (Å²) < 4.78 is 7.31. The maximum absolute atomic E-state index is 12.8. The first-order valence-electron chi connectivity index (χ1n) is 11.0. The third kappa shape index (κ3) is 4.21. The first-order chi connectivity index (χ1) is 16.1. The van der Waals surface area contributed by atoms with Crippen LogP contribution in [-0.4, -0.2) is 37.5 Å². The standard InChI is InChI=1S/C24H25N7O2/c1-33-19-6-2-5-17(12-19)28-24(32)15-7-9-18(10-8-15)31-14-27-20-21(25)29-22(30-23(20)31)16-4-3-11-26-13-16/h2-6,11-15,18H,7-10H2,1H3,(H,28,32)(H2,25,29,30). The van der Waals surface area contributed by atoms with E-state index in [0.29, 0.717) is 22.8 Å². The molecule has 1 aliphatic rings. The van der Waals surface area contributed by atoms with Crippen molar-refractivity contribution in [3.8, 4) is 17.1 Å². The molecule has 0 atom stereocenters. The lowest BCUT2D eigenvalue weighted by atomic mass is 9.85. The number of hydrogen-bond acceptors (Lipinski definition) is 7. The van der Waals surface area contributed by atoms with E-state index in [9.17, 15) is 4.79 Å². The molecular weight excluding hydrogens is 418 g/mol. The van der Waals surface area contributed by atoms with E-state index in [1.165, 1.54) is 0 Å². The van der Waals surface area contributed by atoms with Gasteiger partial charge in [0.2, 0.25) is 5.91 Å². The molecule has 0 aliphatic heterocycles. The molecule has 0 spiro atoms. The number of pyridine rings is 1. The van der Waals surface area contributed by atoms with Crippen molar-refractivity contribution in [2.75, 3.05) is 18.2 Å². The zero-order valence-corrected chi connectivity index (χ0v) is 18.3. The maximum atomic E-state index is 12.8. The van der Waals surface area contributed by atoms with Gasteiger partial charge in [-0.2, -0.15) is 0 Å². The lowest BCUT2D eigenvalue weighted by Gasteiger charge is -2.28. The number of nitrogen functional groups attached to an aromatic ring is 1. The normalized spacial score (nSPS) is 18.2. The van der Waals surface area contributed by atoms with Crippen LogP contribution in [0.25, 0.3) is 22.6 Å². The number of nitrogens with two attached hydrogens (primary N) is 1. The average molecular weight is 444 g/mol. The Kier molecular flexibility index (Phi) is 5.60. The van der Waals surface area contributed by atoms with Gasteiger partial charge in [-0.25, -0.2) is 15.0 Å². The largest absolute Gasteiger partial charge is 0.497 e. The summed E-state index contributed by atoms with van der Waals surface area (Å²) in [5.41, 5.74) is 9.05. The minimum absolute atomic E-state index is 0.0344. The van der Waals surface area contributed by atoms with E-state index in [0.717, 1.165) is 42.7 Å². The van der Waals surface area contributed by atoms with Gasteiger partial charge in [-0.3, -0.25) is 9.78 Å². The minimum atomic E-state index is -0.0344. The fraction of sp³-hybridized carbons (Fsp3) is 0.292. The van der Waals surface area contributed by atoms with Crippen LogP contribution >= 0.6 is 0 Å². The van der Waals surface area contributed by atoms with E-state index in [4.69, 9.17) is 15.5 Å². The number of ether oxygens (including phenoxy) is 1. The molecule has 0 bridgehead atoms. The third-order valence-corrected chi connectivity index (χ3v) is 6.17. The molecule has 3 aromatic heterocycles. The summed E-state index contributed by atoms with van der Waals surface area (Å²) >= 11 is 0. The van der Waals surface area contributed by atoms with Crippen molar-refractivity contribution in [1.29, 1.82) is 0 Å². The Balaban J connectivity index is 1.31. The van der Waals surface area contributed by atoms with Crippen LogP contribution in [0.4, 0.5) is 11.5 Å². The monoisotopic (exact) mass is 443 g/mol. The third-order valence-electron chi connectivity index (χ3n) is 6.17. The summed E-state index contributed by atoms with van der Waals surface area (Å²) in [7, 11) is 1.61. The van der Waals surface area contributed by atoms with Crippen LogP contribution in [0, 0.1) is 5.92 Å². The lowest BCUT2D eigenvalue weighted by Crippen LogP contribution is -2.28. The Bertz CT molecular complexity index is 1280. The highest BCUT2D eigenvalue weighted by atomic mass is 16.5. The molecule has 5 rings (SSSR count). The van der Waals surface area contributed by atoms with Gasteiger partial charge in [-0.1, -0.05) is 6.07 Å². The second kappa shape index (κ2) is 8.85. The van der Waals surface area contributed by atoms with E-state index in [1.54, 1.807) is 25.8 Å². The van der Waals surface area contributed by atoms with Gasteiger partial charge in [0.1, 0.15) is 11.3 Å². The van der Waals surface area contributed by atoms with Crippen molar-refractivity contribution in [3.05, 3.63) is 55.1 Å². The van der Waals surface area contributed by atoms with Crippen LogP contribution in [0.15, 0.2) is 55.1 Å². The molecule has 3 heterocycles. The molecule has 1 amide bonds. The molecule has 9 nitrogen and oxygen atoms in total. The fourth-order valence-corrected chi connectivity index (χ4v) is 4.39. The quantitative estimate of drug-likeness (QED) is 0.480. The predicted molar refractivity (Wildman–Crippen MR) is 126 cm³/mol. The fourth-order valence-electron chi connectivity index (χ4n) is 4.39. The van der Waals surface area contributed by atoms with Gasteiger partial charge in [0, 0.05) is 41.7 Å². The summed E-state index contributed by atoms with van der Waals surface area (Å²) in [5, 5.41) is 3.02. The molecule has 9 heteroatoms. The van der Waals surface area contributed by atoms with Crippen LogP contribution < -0.4 is 15.8 Å². The number of methoxy groups -OCH3 is 1. The number of carbonyl (C=O) groups is 1. The van der Waals surface area contributed by atoms with E-state index in [1.807, 2.05) is 36.4 Å². The Morgan fingerprint density at radius 1 is 1.15 bits per heavy atom. The second-order valence-electron chi connectivity index (χ2n) is 8.22. The first kappa shape index (κ1) is 20.9. The van der Waals surface area contributed by atoms with Gasteiger partial charge in [-0.05, 0) is 49.9 Å². The van der Waals surface area contributed by atoms with E-state index < -0.39 is 0 Å². The Morgan fingerprint density at radius 3 is 2.76 bits per heavy atom. The molecule has 1 aliphatic carbocycles. The van der Waals surface area contributed by atoms with Gasteiger partial charge < -0.3 is 20.4 Å². The molecule has 0 unspecified atom stereocenters. The number of carbonyl (C=O) groups excluding carboxylic acids is 1. The van der Waals surface area contributed by atoms with Crippen molar-refractivity contribution in [2.45, 2.75) is 31.7 Å². The molecular formula is C24H25N7O2. The number of anilines is 2. The summed E-state index contributed by atoms with van der Waals surface area (Å²) in [6.07, 6.45) is 8.49. The van der Waals surface area contributed by atoms with Crippen LogP contribution in [0.5, 0.6) is 5.75 Å². The summed E-state index contributed by atoms with van der Waals surface area (Å²) in [4.78, 5) is 30.6. The number of imidazole rings is 1. The SMILES string of the molecule is COc1cccc(NC(=O)C2CCC(n3cnc4c(N)nc(-c5cccnc5)nc43)CC2)c1. The van der Waals surface area contributed by atoms with Crippen molar-refractivity contribution < 1.29 is 9.53 Å². The van der Waals surface area contributed by atoms with Crippen LogP contribution in [0.3, 0.4) is 0 Å². The Labute approximate surface area is 191 Å². The van der Waals surface area contributed by atoms with Gasteiger partial charge in [-0.15, -0.1) is 0 Å². The van der Waals surface area contributed by atoms with Gasteiger partial charge in [0.05, 0.1) is 13.4 Å². The molecule has 0 radical (unpaired) electrons. The average Bonchev–Trinajstić information content (AvgIpc) is 3.29. The number of aromatic nitrogens is 5. The molecule has 168 valence electrons. The number of benzene rings is 1. The van der Waals surface area contributed by atoms with Crippen LogP contribution in [-0.2, 0) is 4.79 Å². The Hall–Kier alpha value is -4.01. The summed E-state index contributed by atoms with van der Waals surface area (Å²) in [5.74, 6) is 1.61. The van der Waals surface area contributed by atoms with E-state index >= 15 is 0 Å². The highest BCUT2D eigenvalue weighted by molar-refractivity contribution is 5.92. The second-order valence-corrected chi connectivity index (χ2v) is 8.22. The molecule has 1 fully saturated rings. The predicted octanol–water partition coefficient (Wildman–Crippen LogP) is 3.85. The molecule has 3 N–H and O–H groups in total. The maximum Gasteiger partial charge on any atom is 0.227 e. The van der Waals surface area contributed by atoms with Gasteiger partial charge in [0.25, 0.3) is 0 Å². The molecule has 4 aromatic rings. The number of hydrogen-bond donors (Lipinski definition) is 2. The number of rotatable bonds is 5. The van der Waals surface area contributed by atoms with E-state index in [2.05, 4.69) is 24.8 Å². The highest BCUT2D eigenvalue weighted by Gasteiger charge is 2.28. The molecule has 1 saturated carbocycles. The number of nitrogens with zero attached hydrogens (tertiary/aromatic N) is 5. The number of fused-ring (bicyclic) bond motifs is 1. The number of nitrogens with one attached hydrogen (secondary N) is 1. The van der Waals surface area contributed by atoms with Crippen molar-refractivity contribution in [1.82, 2.24) is 24.5 Å². The summed E-state index contributed by atoms with van der Waals surface area (Å²) in [6, 6.07) is 11.4. The van der Waals surface area contributed by atoms with E-state index in [-0.39, 0.29) is 17.9 Å². The Morgan fingerprint density at radius 2 is 2.00 bits per heavy atom. The molecule has 1 aromatic carbocycles. The van der Waals surface area contributed by atoms with Gasteiger partial charge in [0.15, 0.2) is 17.3 Å². The van der Waals surface area contributed by atoms with Crippen LogP contribution in [0.1, 0.15) is 31.7 Å². The van der Waals surface area contributed by atoms with Crippen molar-refractivity contribution >= 4 is 28.6 Å². The van der Waals surface area contributed by atoms with Crippen LogP contribution in [0.2, 0.25) is 0 Å².